The minimum Gasteiger partial charge on any atom is -0.341 e. The van der Waals surface area contributed by atoms with Crippen LogP contribution in [0.2, 0.25) is 0 Å². The van der Waals surface area contributed by atoms with Gasteiger partial charge in [-0.25, -0.2) is 4.79 Å². The van der Waals surface area contributed by atoms with Gasteiger partial charge in [0.15, 0.2) is 0 Å². The van der Waals surface area contributed by atoms with Crippen LogP contribution in [-0.4, -0.2) is 47.3 Å². The van der Waals surface area contributed by atoms with Crippen LogP contribution in [0.3, 0.4) is 0 Å². The number of hydrogen-bond donors (Lipinski definition) is 1. The number of likely N-dealkylation sites (N-methyl/N-ethyl adjacent to an activating group) is 1. The fourth-order valence-corrected chi connectivity index (χ4v) is 4.26. The van der Waals surface area contributed by atoms with E-state index in [1.807, 2.05) is 24.3 Å². The highest BCUT2D eigenvalue weighted by molar-refractivity contribution is 6.09. The number of benzene rings is 1. The van der Waals surface area contributed by atoms with Crippen LogP contribution in [0.1, 0.15) is 70.9 Å². The van der Waals surface area contributed by atoms with Crippen LogP contribution in [0.15, 0.2) is 24.3 Å². The molecule has 0 bridgehead atoms. The van der Waals surface area contributed by atoms with Crippen molar-refractivity contribution in [3.8, 4) is 0 Å². The first-order chi connectivity index (χ1) is 13.5. The third-order valence-electron chi connectivity index (χ3n) is 6.41. The van der Waals surface area contributed by atoms with E-state index in [1.165, 1.54) is 6.42 Å². The summed E-state index contributed by atoms with van der Waals surface area (Å²) in [5.74, 6) is -0.566. The lowest BCUT2D eigenvalue weighted by atomic mass is 9.84. The number of urea groups is 1. The first-order valence-corrected chi connectivity index (χ1v) is 10.5. The van der Waals surface area contributed by atoms with Gasteiger partial charge in [0.25, 0.3) is 5.91 Å². The number of nitrogens with zero attached hydrogens (tertiary/aromatic N) is 2. The number of nitrogens with one attached hydrogen (secondary N) is 1. The van der Waals surface area contributed by atoms with Gasteiger partial charge in [-0.15, -0.1) is 0 Å². The van der Waals surface area contributed by atoms with E-state index in [9.17, 15) is 14.4 Å². The first-order valence-electron chi connectivity index (χ1n) is 10.5. The minimum absolute atomic E-state index is 0.00449. The summed E-state index contributed by atoms with van der Waals surface area (Å²) in [6.07, 6.45) is 5.42. The SMILES string of the molecule is CN(C(=O)CN1C(=O)NC(C)(c2ccc(C(C)(C)C)cc2)C1=O)C1CCCCC1. The van der Waals surface area contributed by atoms with Crippen LogP contribution in [-0.2, 0) is 20.5 Å². The lowest BCUT2D eigenvalue weighted by Crippen LogP contribution is -2.46. The summed E-state index contributed by atoms with van der Waals surface area (Å²) in [6.45, 7) is 7.87. The molecule has 1 aromatic rings. The molecule has 1 unspecified atom stereocenters. The summed E-state index contributed by atoms with van der Waals surface area (Å²) in [5.41, 5.74) is 0.726. The van der Waals surface area contributed by atoms with Gasteiger partial charge in [-0.2, -0.15) is 0 Å². The normalized spacial score (nSPS) is 23.3. The Bertz CT molecular complexity index is 791. The zero-order valence-electron chi connectivity index (χ0n) is 18.2. The molecule has 1 aromatic carbocycles. The molecule has 1 aliphatic heterocycles. The van der Waals surface area contributed by atoms with Gasteiger partial charge in [0.05, 0.1) is 0 Å². The number of carbonyl (C=O) groups is 3. The molecule has 2 fully saturated rings. The van der Waals surface area contributed by atoms with Crippen molar-refractivity contribution in [3.63, 3.8) is 0 Å². The van der Waals surface area contributed by atoms with Crippen LogP contribution < -0.4 is 5.32 Å². The van der Waals surface area contributed by atoms with Crippen molar-refractivity contribution in [3.05, 3.63) is 35.4 Å². The molecule has 1 N–H and O–H groups in total. The van der Waals surface area contributed by atoms with E-state index in [2.05, 4.69) is 26.1 Å². The standard InChI is InChI=1S/C23H33N3O3/c1-22(2,3)16-11-13-17(14-12-16)23(4)20(28)26(21(29)24-23)15-19(27)25(5)18-9-7-6-8-10-18/h11-14,18H,6-10,15H2,1-5H3,(H,24,29). The van der Waals surface area contributed by atoms with Gasteiger partial charge < -0.3 is 10.2 Å². The molecule has 1 saturated heterocycles. The molecule has 2 aliphatic rings. The smallest absolute Gasteiger partial charge is 0.325 e. The summed E-state index contributed by atoms with van der Waals surface area (Å²) in [7, 11) is 1.78. The Kier molecular flexibility index (Phi) is 5.74. The first kappa shape index (κ1) is 21.3. The predicted octanol–water partition coefficient (Wildman–Crippen LogP) is 3.54. The highest BCUT2D eigenvalue weighted by Gasteiger charge is 2.49. The zero-order valence-corrected chi connectivity index (χ0v) is 18.2. The Morgan fingerprint density at radius 1 is 1.14 bits per heavy atom. The Hall–Kier alpha value is -2.37. The van der Waals surface area contributed by atoms with Crippen molar-refractivity contribution in [1.29, 1.82) is 0 Å². The van der Waals surface area contributed by atoms with Gasteiger partial charge in [-0.3, -0.25) is 14.5 Å². The number of imide groups is 1. The van der Waals surface area contributed by atoms with Gasteiger partial charge >= 0.3 is 6.03 Å². The maximum absolute atomic E-state index is 13.1. The molecule has 158 valence electrons. The summed E-state index contributed by atoms with van der Waals surface area (Å²) in [5, 5.41) is 2.80. The van der Waals surface area contributed by atoms with Crippen LogP contribution >= 0.6 is 0 Å². The van der Waals surface area contributed by atoms with E-state index in [0.29, 0.717) is 0 Å². The largest absolute Gasteiger partial charge is 0.341 e. The molecule has 1 saturated carbocycles. The molecular weight excluding hydrogens is 366 g/mol. The maximum Gasteiger partial charge on any atom is 0.325 e. The zero-order chi connectivity index (χ0) is 21.4. The van der Waals surface area contributed by atoms with E-state index in [4.69, 9.17) is 0 Å². The Morgan fingerprint density at radius 3 is 2.28 bits per heavy atom. The van der Waals surface area contributed by atoms with Crippen LogP contribution in [0.4, 0.5) is 4.79 Å². The second-order valence-corrected chi connectivity index (χ2v) is 9.57. The van der Waals surface area contributed by atoms with Gasteiger partial charge in [0.2, 0.25) is 5.91 Å². The topological polar surface area (TPSA) is 69.7 Å². The van der Waals surface area contributed by atoms with E-state index in [-0.39, 0.29) is 29.8 Å². The fraction of sp³-hybridized carbons (Fsp3) is 0.609. The Labute approximate surface area is 173 Å². The number of hydrogen-bond acceptors (Lipinski definition) is 3. The summed E-state index contributed by atoms with van der Waals surface area (Å²) in [6, 6.07) is 7.45. The number of rotatable bonds is 4. The van der Waals surface area contributed by atoms with E-state index in [0.717, 1.165) is 41.7 Å². The second kappa shape index (κ2) is 7.81. The van der Waals surface area contributed by atoms with E-state index >= 15 is 0 Å². The average Bonchev–Trinajstić information content (AvgIpc) is 2.91. The monoisotopic (exact) mass is 399 g/mol. The lowest BCUT2D eigenvalue weighted by molar-refractivity contribution is -0.139. The third-order valence-corrected chi connectivity index (χ3v) is 6.41. The average molecular weight is 400 g/mol. The lowest BCUT2D eigenvalue weighted by Gasteiger charge is -2.32. The molecule has 0 spiro atoms. The maximum atomic E-state index is 13.1. The molecule has 0 aromatic heterocycles. The quantitative estimate of drug-likeness (QED) is 0.788. The van der Waals surface area contributed by atoms with E-state index in [1.54, 1.807) is 18.9 Å². The Balaban J connectivity index is 1.73. The molecule has 1 aliphatic carbocycles. The van der Waals surface area contributed by atoms with Gasteiger partial charge in [-0.1, -0.05) is 64.3 Å². The molecular formula is C23H33N3O3. The van der Waals surface area contributed by atoms with Crippen molar-refractivity contribution in [1.82, 2.24) is 15.1 Å². The summed E-state index contributed by atoms with van der Waals surface area (Å²) >= 11 is 0. The van der Waals surface area contributed by atoms with E-state index < -0.39 is 11.6 Å². The van der Waals surface area contributed by atoms with Crippen molar-refractivity contribution in [2.24, 2.45) is 0 Å². The molecule has 1 heterocycles. The highest BCUT2D eigenvalue weighted by Crippen LogP contribution is 2.31. The van der Waals surface area contributed by atoms with Crippen molar-refractivity contribution in [2.45, 2.75) is 76.8 Å². The van der Waals surface area contributed by atoms with Gasteiger partial charge in [0, 0.05) is 13.1 Å². The number of carbonyl (C=O) groups excluding carboxylic acids is 3. The Morgan fingerprint density at radius 2 is 1.72 bits per heavy atom. The summed E-state index contributed by atoms with van der Waals surface area (Å²) in [4.78, 5) is 41.2. The van der Waals surface area contributed by atoms with Crippen molar-refractivity contribution in [2.75, 3.05) is 13.6 Å². The van der Waals surface area contributed by atoms with Crippen LogP contribution in [0, 0.1) is 0 Å². The molecule has 3 rings (SSSR count). The third kappa shape index (κ3) is 4.16. The highest BCUT2D eigenvalue weighted by atomic mass is 16.2. The molecule has 1 atom stereocenters. The van der Waals surface area contributed by atoms with Crippen molar-refractivity contribution < 1.29 is 14.4 Å². The van der Waals surface area contributed by atoms with Crippen LogP contribution in [0.5, 0.6) is 0 Å². The van der Waals surface area contributed by atoms with Crippen LogP contribution in [0.25, 0.3) is 0 Å². The fourth-order valence-electron chi connectivity index (χ4n) is 4.26. The molecule has 29 heavy (non-hydrogen) atoms. The molecule has 6 nitrogen and oxygen atoms in total. The van der Waals surface area contributed by atoms with Gasteiger partial charge in [-0.05, 0) is 36.3 Å². The summed E-state index contributed by atoms with van der Waals surface area (Å²) < 4.78 is 0. The predicted molar refractivity (Wildman–Crippen MR) is 112 cm³/mol. The minimum atomic E-state index is -1.16. The number of amides is 4. The van der Waals surface area contributed by atoms with Crippen molar-refractivity contribution >= 4 is 17.8 Å². The molecule has 4 amide bonds. The van der Waals surface area contributed by atoms with Gasteiger partial charge in [0.1, 0.15) is 12.1 Å². The molecule has 0 radical (unpaired) electrons. The molecule has 6 heteroatoms. The second-order valence-electron chi connectivity index (χ2n) is 9.57.